The molecule has 3 heterocycles. The Hall–Kier alpha value is -1.11. The molecule has 3 rings (SSSR count). The van der Waals surface area contributed by atoms with Crippen molar-refractivity contribution in [2.75, 3.05) is 31.1 Å². The summed E-state index contributed by atoms with van der Waals surface area (Å²) in [7, 11) is -2.96. The maximum Gasteiger partial charge on any atom is 0.153 e. The summed E-state index contributed by atoms with van der Waals surface area (Å²) in [6.45, 7) is 7.45. The summed E-state index contributed by atoms with van der Waals surface area (Å²) < 4.78 is 30.1. The number of hydrogen-bond donors (Lipinski definition) is 0. The number of furan rings is 1. The van der Waals surface area contributed by atoms with E-state index < -0.39 is 9.84 Å². The van der Waals surface area contributed by atoms with Crippen LogP contribution in [0.3, 0.4) is 0 Å². The number of unbranched alkanes of at least 4 members (excludes halogenated alkanes) is 1. The molecule has 0 radical (unpaired) electrons. The lowest BCUT2D eigenvalue weighted by Gasteiger charge is -2.43. The number of rotatable bonds is 6. The Morgan fingerprint density at radius 2 is 1.88 bits per heavy atom. The van der Waals surface area contributed by atoms with Crippen LogP contribution < -0.4 is 0 Å². The Bertz CT molecular complexity index is 680. The van der Waals surface area contributed by atoms with Gasteiger partial charge in [-0.15, -0.1) is 0 Å². The summed E-state index contributed by atoms with van der Waals surface area (Å²) in [5.74, 6) is 2.38. The van der Waals surface area contributed by atoms with E-state index in [1.54, 1.807) is 0 Å². The van der Waals surface area contributed by atoms with E-state index in [2.05, 4.69) is 28.9 Å². The van der Waals surface area contributed by atoms with E-state index in [1.165, 1.54) is 0 Å². The molecule has 1 aromatic heterocycles. The van der Waals surface area contributed by atoms with Crippen LogP contribution in [0.15, 0.2) is 28.7 Å². The fourth-order valence-corrected chi connectivity index (χ4v) is 5.83. The number of aryl methyl sites for hydroxylation is 1. The minimum absolute atomic E-state index is 0.0775. The Labute approximate surface area is 145 Å². The first-order valence-corrected chi connectivity index (χ1v) is 10.7. The van der Waals surface area contributed by atoms with Crippen LogP contribution in [0.4, 0.5) is 0 Å². The van der Waals surface area contributed by atoms with E-state index >= 15 is 0 Å². The molecule has 0 bridgehead atoms. The van der Waals surface area contributed by atoms with Crippen LogP contribution >= 0.6 is 0 Å². The van der Waals surface area contributed by atoms with Crippen LogP contribution in [0.25, 0.3) is 0 Å². The quantitative estimate of drug-likeness (QED) is 0.735. The standard InChI is InChI=1S/C18H28N2O3S/c1-3-4-5-6-9-19-10-11-20(12-16-8-7-15(2)23-16)18-14-24(21,22)13-17(18)19/h5-8,17-18H,3-4,9-14H2,1-2H3/b6-5+/t17-,18+/m0/s1. The van der Waals surface area contributed by atoms with Crippen molar-refractivity contribution >= 4 is 9.84 Å². The highest BCUT2D eigenvalue weighted by atomic mass is 32.2. The first-order valence-electron chi connectivity index (χ1n) is 8.87. The maximum absolute atomic E-state index is 12.2. The second kappa shape index (κ2) is 7.42. The van der Waals surface area contributed by atoms with Crippen molar-refractivity contribution in [3.05, 3.63) is 35.8 Å². The summed E-state index contributed by atoms with van der Waals surface area (Å²) in [5, 5.41) is 0. The van der Waals surface area contributed by atoms with Gasteiger partial charge < -0.3 is 4.42 Å². The SMILES string of the molecule is CCC/C=C/CN1CCN(Cc2ccc(C)o2)[C@@H]2CS(=O)(=O)C[C@@H]21. The normalized spacial score (nSPS) is 27.8. The fraction of sp³-hybridized carbons (Fsp3) is 0.667. The smallest absolute Gasteiger partial charge is 0.153 e. The van der Waals surface area contributed by atoms with E-state index in [1.807, 2.05) is 19.1 Å². The highest BCUT2D eigenvalue weighted by Gasteiger charge is 2.46. The minimum atomic E-state index is -2.96. The molecule has 5 nitrogen and oxygen atoms in total. The Balaban J connectivity index is 1.70. The van der Waals surface area contributed by atoms with E-state index in [4.69, 9.17) is 4.42 Å². The molecule has 0 amide bonds. The number of hydrogen-bond acceptors (Lipinski definition) is 5. The molecule has 2 fully saturated rings. The lowest BCUT2D eigenvalue weighted by Crippen LogP contribution is -2.58. The van der Waals surface area contributed by atoms with E-state index in [-0.39, 0.29) is 23.6 Å². The molecule has 6 heteroatoms. The maximum atomic E-state index is 12.2. The number of sulfone groups is 1. The average Bonchev–Trinajstić information content (AvgIpc) is 3.07. The van der Waals surface area contributed by atoms with Gasteiger partial charge in [0.2, 0.25) is 0 Å². The van der Waals surface area contributed by atoms with Crippen molar-refractivity contribution in [2.24, 2.45) is 0 Å². The third kappa shape index (κ3) is 4.10. The number of nitrogens with zero attached hydrogens (tertiary/aromatic N) is 2. The number of allylic oxidation sites excluding steroid dienone is 1. The Morgan fingerprint density at radius 3 is 2.54 bits per heavy atom. The van der Waals surface area contributed by atoms with Crippen LogP contribution in [-0.2, 0) is 16.4 Å². The Morgan fingerprint density at radius 1 is 1.17 bits per heavy atom. The lowest BCUT2D eigenvalue weighted by molar-refractivity contribution is 0.0434. The molecule has 2 aliphatic heterocycles. The largest absolute Gasteiger partial charge is 0.465 e. The summed E-state index contributed by atoms with van der Waals surface area (Å²) in [6.07, 6.45) is 6.63. The second-order valence-corrected chi connectivity index (χ2v) is 9.10. The van der Waals surface area contributed by atoms with Gasteiger partial charge in [-0.3, -0.25) is 9.80 Å². The molecule has 0 spiro atoms. The zero-order valence-corrected chi connectivity index (χ0v) is 15.5. The second-order valence-electron chi connectivity index (χ2n) is 6.95. The zero-order valence-electron chi connectivity index (χ0n) is 14.6. The average molecular weight is 353 g/mol. The predicted molar refractivity (Wildman–Crippen MR) is 95.7 cm³/mol. The van der Waals surface area contributed by atoms with Crippen LogP contribution in [0.1, 0.15) is 31.3 Å². The topological polar surface area (TPSA) is 53.8 Å². The zero-order chi connectivity index (χ0) is 17.2. The van der Waals surface area contributed by atoms with Gasteiger partial charge in [-0.1, -0.05) is 25.5 Å². The highest BCUT2D eigenvalue weighted by Crippen LogP contribution is 2.28. The molecule has 0 N–H and O–H groups in total. The molecule has 2 aliphatic rings. The van der Waals surface area contributed by atoms with E-state index in [0.717, 1.165) is 44.0 Å². The third-order valence-corrected chi connectivity index (χ3v) is 6.72. The summed E-state index contributed by atoms with van der Waals surface area (Å²) >= 11 is 0. The molecule has 134 valence electrons. The van der Waals surface area contributed by atoms with Crippen LogP contribution in [0.5, 0.6) is 0 Å². The predicted octanol–water partition coefficient (Wildman–Crippen LogP) is 2.23. The Kier molecular flexibility index (Phi) is 5.47. The molecule has 24 heavy (non-hydrogen) atoms. The monoisotopic (exact) mass is 352 g/mol. The summed E-state index contributed by atoms with van der Waals surface area (Å²) in [4.78, 5) is 4.63. The highest BCUT2D eigenvalue weighted by molar-refractivity contribution is 7.91. The van der Waals surface area contributed by atoms with Gasteiger partial charge in [0.15, 0.2) is 9.84 Å². The van der Waals surface area contributed by atoms with Gasteiger partial charge in [0, 0.05) is 31.7 Å². The van der Waals surface area contributed by atoms with Gasteiger partial charge in [0.05, 0.1) is 18.1 Å². The van der Waals surface area contributed by atoms with Crippen molar-refractivity contribution in [3.8, 4) is 0 Å². The van der Waals surface area contributed by atoms with Gasteiger partial charge in [-0.2, -0.15) is 0 Å². The molecule has 0 aliphatic carbocycles. The minimum Gasteiger partial charge on any atom is -0.465 e. The van der Waals surface area contributed by atoms with Crippen LogP contribution in [0, 0.1) is 6.92 Å². The van der Waals surface area contributed by atoms with Crippen molar-refractivity contribution in [1.82, 2.24) is 9.80 Å². The van der Waals surface area contributed by atoms with Crippen molar-refractivity contribution in [1.29, 1.82) is 0 Å². The van der Waals surface area contributed by atoms with Gasteiger partial charge in [-0.05, 0) is 25.5 Å². The van der Waals surface area contributed by atoms with E-state index in [0.29, 0.717) is 6.54 Å². The van der Waals surface area contributed by atoms with E-state index in [9.17, 15) is 8.42 Å². The van der Waals surface area contributed by atoms with Gasteiger partial charge in [-0.25, -0.2) is 8.42 Å². The molecule has 2 saturated heterocycles. The summed E-state index contributed by atoms with van der Waals surface area (Å²) in [6, 6.07) is 4.14. The van der Waals surface area contributed by atoms with Gasteiger partial charge in [0.25, 0.3) is 0 Å². The van der Waals surface area contributed by atoms with Crippen LogP contribution in [0.2, 0.25) is 0 Å². The van der Waals surface area contributed by atoms with Gasteiger partial charge in [0.1, 0.15) is 11.5 Å². The van der Waals surface area contributed by atoms with Crippen molar-refractivity contribution in [2.45, 2.75) is 45.3 Å². The molecular weight excluding hydrogens is 324 g/mol. The molecule has 0 aromatic carbocycles. The molecule has 1 aromatic rings. The third-order valence-electron chi connectivity index (χ3n) is 5.02. The number of piperazine rings is 1. The molecular formula is C18H28N2O3S. The fourth-order valence-electron chi connectivity index (χ4n) is 3.78. The van der Waals surface area contributed by atoms with Crippen molar-refractivity contribution in [3.63, 3.8) is 0 Å². The number of fused-ring (bicyclic) bond motifs is 1. The molecule has 0 saturated carbocycles. The molecule has 2 atom stereocenters. The first kappa shape index (κ1) is 17.7. The van der Waals surface area contributed by atoms with Gasteiger partial charge >= 0.3 is 0 Å². The van der Waals surface area contributed by atoms with Crippen LogP contribution in [-0.4, -0.2) is 61.4 Å². The first-order chi connectivity index (χ1) is 11.5. The van der Waals surface area contributed by atoms with Crippen molar-refractivity contribution < 1.29 is 12.8 Å². The molecule has 0 unspecified atom stereocenters. The summed E-state index contributed by atoms with van der Waals surface area (Å²) in [5.41, 5.74) is 0. The lowest BCUT2D eigenvalue weighted by atomic mass is 10.0.